The Kier molecular flexibility index (Phi) is 5.32. The van der Waals surface area contributed by atoms with Gasteiger partial charge in [0.1, 0.15) is 12.1 Å². The Labute approximate surface area is 124 Å². The first-order valence-corrected chi connectivity index (χ1v) is 6.93. The average molecular weight is 292 g/mol. The van der Waals surface area contributed by atoms with Crippen molar-refractivity contribution in [2.75, 3.05) is 13.7 Å². The van der Waals surface area contributed by atoms with Crippen molar-refractivity contribution in [1.29, 1.82) is 0 Å². The summed E-state index contributed by atoms with van der Waals surface area (Å²) in [6.45, 7) is 2.94. The van der Waals surface area contributed by atoms with Gasteiger partial charge in [0.05, 0.1) is 7.11 Å². The summed E-state index contributed by atoms with van der Waals surface area (Å²) in [4.78, 5) is 8.16. The Morgan fingerprint density at radius 3 is 2.70 bits per heavy atom. The average Bonchev–Trinajstić information content (AvgIpc) is 2.48. The number of likely N-dealkylation sites (N-methyl/N-ethyl adjacent to an activating group) is 1. The molecule has 1 unspecified atom stereocenters. The first-order chi connectivity index (χ1) is 9.74. The number of nitrogens with one attached hydrogen (secondary N) is 1. The smallest absolute Gasteiger partial charge is 0.122 e. The normalized spacial score (nSPS) is 12.2. The summed E-state index contributed by atoms with van der Waals surface area (Å²) in [5.74, 6) is 0.842. The minimum Gasteiger partial charge on any atom is -0.496 e. The summed E-state index contributed by atoms with van der Waals surface area (Å²) >= 11 is 6.08. The van der Waals surface area contributed by atoms with Gasteiger partial charge in [-0.1, -0.05) is 18.5 Å². The fourth-order valence-corrected chi connectivity index (χ4v) is 2.37. The molecule has 20 heavy (non-hydrogen) atoms. The van der Waals surface area contributed by atoms with E-state index >= 15 is 0 Å². The Hall–Kier alpha value is -1.65. The highest BCUT2D eigenvalue weighted by Gasteiger charge is 2.15. The minimum absolute atomic E-state index is 0.133. The van der Waals surface area contributed by atoms with Crippen LogP contribution in [0, 0.1) is 0 Å². The topological polar surface area (TPSA) is 47.0 Å². The Morgan fingerprint density at radius 2 is 2.05 bits per heavy atom. The molecule has 2 aromatic rings. The van der Waals surface area contributed by atoms with Gasteiger partial charge >= 0.3 is 0 Å². The third-order valence-electron chi connectivity index (χ3n) is 3.10. The van der Waals surface area contributed by atoms with Crippen LogP contribution in [-0.2, 0) is 6.42 Å². The number of benzene rings is 1. The van der Waals surface area contributed by atoms with Crippen molar-refractivity contribution in [3.05, 3.63) is 53.1 Å². The largest absolute Gasteiger partial charge is 0.496 e. The van der Waals surface area contributed by atoms with E-state index in [1.165, 1.54) is 6.33 Å². The van der Waals surface area contributed by atoms with Crippen molar-refractivity contribution in [2.24, 2.45) is 0 Å². The quantitative estimate of drug-likeness (QED) is 0.889. The maximum atomic E-state index is 6.08. The molecule has 0 aliphatic carbocycles. The van der Waals surface area contributed by atoms with Gasteiger partial charge in [0, 0.05) is 29.0 Å². The zero-order chi connectivity index (χ0) is 14.4. The van der Waals surface area contributed by atoms with E-state index in [0.29, 0.717) is 5.02 Å². The van der Waals surface area contributed by atoms with E-state index in [1.54, 1.807) is 7.11 Å². The lowest BCUT2D eigenvalue weighted by atomic mass is 10.0. The molecule has 0 spiro atoms. The third kappa shape index (κ3) is 3.68. The van der Waals surface area contributed by atoms with Crippen molar-refractivity contribution < 1.29 is 4.74 Å². The molecule has 4 nitrogen and oxygen atoms in total. The van der Waals surface area contributed by atoms with Gasteiger partial charge in [-0.15, -0.1) is 0 Å². The van der Waals surface area contributed by atoms with Crippen molar-refractivity contribution in [3.8, 4) is 5.75 Å². The number of rotatable bonds is 6. The molecule has 106 valence electrons. The minimum atomic E-state index is 0.133. The second kappa shape index (κ2) is 7.22. The number of aromatic nitrogens is 2. The fraction of sp³-hybridized carbons (Fsp3) is 0.333. The maximum Gasteiger partial charge on any atom is 0.122 e. The predicted octanol–water partition coefficient (Wildman–Crippen LogP) is 3.03. The van der Waals surface area contributed by atoms with Crippen molar-refractivity contribution in [2.45, 2.75) is 19.4 Å². The van der Waals surface area contributed by atoms with E-state index in [4.69, 9.17) is 16.3 Å². The van der Waals surface area contributed by atoms with E-state index in [0.717, 1.165) is 29.8 Å². The van der Waals surface area contributed by atoms with Crippen LogP contribution in [0.3, 0.4) is 0 Å². The molecule has 5 heteroatoms. The lowest BCUT2D eigenvalue weighted by Crippen LogP contribution is -2.23. The molecule has 0 radical (unpaired) electrons. The highest BCUT2D eigenvalue weighted by Crippen LogP contribution is 2.27. The number of methoxy groups -OCH3 is 1. The second-order valence-electron chi connectivity index (χ2n) is 4.44. The van der Waals surface area contributed by atoms with Gasteiger partial charge < -0.3 is 10.1 Å². The molecule has 1 N–H and O–H groups in total. The standard InChI is InChI=1S/C15H18ClN3O/c1-3-19-14(12-8-17-10-18-9-12)7-11-6-13(16)4-5-15(11)20-2/h4-6,8-10,14,19H,3,7H2,1-2H3. The zero-order valence-corrected chi connectivity index (χ0v) is 12.4. The second-order valence-corrected chi connectivity index (χ2v) is 4.88. The number of halogens is 1. The van der Waals surface area contributed by atoms with Gasteiger partial charge in [-0.05, 0) is 36.7 Å². The predicted molar refractivity (Wildman–Crippen MR) is 80.2 cm³/mol. The van der Waals surface area contributed by atoms with Gasteiger partial charge in [-0.25, -0.2) is 9.97 Å². The maximum absolute atomic E-state index is 6.08. The monoisotopic (exact) mass is 291 g/mol. The number of ether oxygens (including phenoxy) is 1. The Morgan fingerprint density at radius 1 is 1.30 bits per heavy atom. The zero-order valence-electron chi connectivity index (χ0n) is 11.6. The van der Waals surface area contributed by atoms with Gasteiger partial charge in [-0.3, -0.25) is 0 Å². The van der Waals surface area contributed by atoms with Crippen molar-refractivity contribution in [1.82, 2.24) is 15.3 Å². The highest BCUT2D eigenvalue weighted by atomic mass is 35.5. The first-order valence-electron chi connectivity index (χ1n) is 6.55. The van der Waals surface area contributed by atoms with E-state index in [9.17, 15) is 0 Å². The molecule has 0 amide bonds. The summed E-state index contributed by atoms with van der Waals surface area (Å²) in [5.41, 5.74) is 2.12. The molecular formula is C15H18ClN3O. The molecule has 1 atom stereocenters. The first kappa shape index (κ1) is 14.8. The molecule has 0 aliphatic heterocycles. The molecular weight excluding hydrogens is 274 g/mol. The van der Waals surface area contributed by atoms with E-state index in [1.807, 2.05) is 30.6 Å². The Bertz CT molecular complexity index is 548. The van der Waals surface area contributed by atoms with E-state index < -0.39 is 0 Å². The number of hydrogen-bond donors (Lipinski definition) is 1. The molecule has 1 aromatic carbocycles. The molecule has 2 rings (SSSR count). The highest BCUT2D eigenvalue weighted by molar-refractivity contribution is 6.30. The molecule has 0 bridgehead atoms. The Balaban J connectivity index is 2.26. The van der Waals surface area contributed by atoms with Gasteiger partial charge in [-0.2, -0.15) is 0 Å². The van der Waals surface area contributed by atoms with Crippen LogP contribution < -0.4 is 10.1 Å². The number of nitrogens with zero attached hydrogens (tertiary/aromatic N) is 2. The SMILES string of the molecule is CCNC(Cc1cc(Cl)ccc1OC)c1cncnc1. The molecule has 1 heterocycles. The van der Waals surface area contributed by atoms with Gasteiger partial charge in [0.2, 0.25) is 0 Å². The van der Waals surface area contributed by atoms with Crippen LogP contribution in [0.2, 0.25) is 5.02 Å². The van der Waals surface area contributed by atoms with Crippen molar-refractivity contribution in [3.63, 3.8) is 0 Å². The summed E-state index contributed by atoms with van der Waals surface area (Å²) in [5, 5.41) is 4.15. The fourth-order valence-electron chi connectivity index (χ4n) is 2.17. The third-order valence-corrected chi connectivity index (χ3v) is 3.34. The van der Waals surface area contributed by atoms with Crippen LogP contribution in [-0.4, -0.2) is 23.6 Å². The van der Waals surface area contributed by atoms with Crippen LogP contribution >= 0.6 is 11.6 Å². The number of hydrogen-bond acceptors (Lipinski definition) is 4. The summed E-state index contributed by atoms with van der Waals surface area (Å²) in [6, 6.07) is 5.79. The van der Waals surface area contributed by atoms with Crippen LogP contribution in [0.5, 0.6) is 5.75 Å². The van der Waals surface area contributed by atoms with Crippen LogP contribution in [0.25, 0.3) is 0 Å². The molecule has 1 aromatic heterocycles. The molecule has 0 fully saturated rings. The van der Waals surface area contributed by atoms with Crippen molar-refractivity contribution >= 4 is 11.6 Å². The lowest BCUT2D eigenvalue weighted by Gasteiger charge is -2.19. The van der Waals surface area contributed by atoms with E-state index in [-0.39, 0.29) is 6.04 Å². The van der Waals surface area contributed by atoms with E-state index in [2.05, 4.69) is 22.2 Å². The summed E-state index contributed by atoms with van der Waals surface area (Å²) < 4.78 is 5.40. The molecule has 0 saturated carbocycles. The van der Waals surface area contributed by atoms with Gasteiger partial charge in [0.15, 0.2) is 0 Å². The molecule has 0 saturated heterocycles. The summed E-state index contributed by atoms with van der Waals surface area (Å²) in [7, 11) is 1.67. The van der Waals surface area contributed by atoms with Crippen LogP contribution in [0.1, 0.15) is 24.1 Å². The van der Waals surface area contributed by atoms with Crippen LogP contribution in [0.15, 0.2) is 36.9 Å². The molecule has 0 aliphatic rings. The lowest BCUT2D eigenvalue weighted by molar-refractivity contribution is 0.405. The summed E-state index contributed by atoms with van der Waals surface area (Å²) in [6.07, 6.45) is 5.96. The van der Waals surface area contributed by atoms with Crippen LogP contribution in [0.4, 0.5) is 0 Å². The van der Waals surface area contributed by atoms with Gasteiger partial charge in [0.25, 0.3) is 0 Å².